The Morgan fingerprint density at radius 2 is 2.00 bits per heavy atom. The molecule has 0 spiro atoms. The van der Waals surface area contributed by atoms with Gasteiger partial charge in [-0.1, -0.05) is 26.0 Å². The van der Waals surface area contributed by atoms with Crippen LogP contribution in [0.15, 0.2) is 29.1 Å². The van der Waals surface area contributed by atoms with Crippen molar-refractivity contribution in [1.82, 2.24) is 14.9 Å². The predicted molar refractivity (Wildman–Crippen MR) is 108 cm³/mol. The molecule has 0 fully saturated rings. The van der Waals surface area contributed by atoms with E-state index in [0.29, 0.717) is 48.5 Å². The fourth-order valence-corrected chi connectivity index (χ4v) is 2.65. The van der Waals surface area contributed by atoms with Crippen molar-refractivity contribution < 1.29 is 4.79 Å². The van der Waals surface area contributed by atoms with E-state index in [0.717, 1.165) is 6.42 Å². The zero-order chi connectivity index (χ0) is 18.4. The van der Waals surface area contributed by atoms with Crippen molar-refractivity contribution in [3.05, 3.63) is 40.4 Å². The van der Waals surface area contributed by atoms with Crippen LogP contribution in [0.4, 0.5) is 0 Å². The summed E-state index contributed by atoms with van der Waals surface area (Å²) in [6.07, 6.45) is 2.47. The monoisotopic (exact) mass is 380 g/mol. The maximum absolute atomic E-state index is 12.2. The summed E-state index contributed by atoms with van der Waals surface area (Å²) < 4.78 is 0. The zero-order valence-electron chi connectivity index (χ0n) is 15.7. The van der Waals surface area contributed by atoms with E-state index in [1.165, 1.54) is 0 Å². The van der Waals surface area contributed by atoms with E-state index in [-0.39, 0.29) is 29.9 Å². The molecule has 0 saturated heterocycles. The van der Waals surface area contributed by atoms with Crippen LogP contribution >= 0.6 is 12.4 Å². The Morgan fingerprint density at radius 1 is 1.31 bits per heavy atom. The molecule has 1 atom stereocenters. The third kappa shape index (κ3) is 6.11. The van der Waals surface area contributed by atoms with Crippen LogP contribution in [-0.2, 0) is 11.2 Å². The number of hydrogen-bond donors (Lipinski definition) is 2. The van der Waals surface area contributed by atoms with Gasteiger partial charge in [-0.2, -0.15) is 0 Å². The number of fused-ring (bicyclic) bond motifs is 1. The van der Waals surface area contributed by atoms with Crippen molar-refractivity contribution in [2.75, 3.05) is 13.6 Å². The SMILES string of the molecule is CC(C)C(N)CCN(C)C(=O)CCCc1nc2ccccc2c(=O)[nH]1.Cl. The largest absolute Gasteiger partial charge is 0.346 e. The molecule has 2 rings (SSSR count). The van der Waals surface area contributed by atoms with Crippen LogP contribution in [-0.4, -0.2) is 40.4 Å². The van der Waals surface area contributed by atoms with Crippen molar-refractivity contribution in [2.24, 2.45) is 11.7 Å². The summed E-state index contributed by atoms with van der Waals surface area (Å²) in [4.78, 5) is 33.2. The van der Waals surface area contributed by atoms with Gasteiger partial charge in [-0.15, -0.1) is 12.4 Å². The number of aryl methyl sites for hydroxylation is 1. The maximum Gasteiger partial charge on any atom is 0.258 e. The van der Waals surface area contributed by atoms with Crippen LogP contribution in [0.5, 0.6) is 0 Å². The standard InChI is InChI=1S/C19H28N4O2.ClH/c1-13(2)15(20)11-12-23(3)18(24)10-6-9-17-21-16-8-5-4-7-14(16)19(25)22-17;/h4-5,7-8,13,15H,6,9-12,20H2,1-3H3,(H,21,22,25);1H. The van der Waals surface area contributed by atoms with Crippen LogP contribution in [0.1, 0.15) is 38.9 Å². The summed E-state index contributed by atoms with van der Waals surface area (Å²) >= 11 is 0. The smallest absolute Gasteiger partial charge is 0.258 e. The van der Waals surface area contributed by atoms with E-state index in [2.05, 4.69) is 23.8 Å². The molecular weight excluding hydrogens is 352 g/mol. The molecule has 1 unspecified atom stereocenters. The molecule has 0 aliphatic heterocycles. The van der Waals surface area contributed by atoms with E-state index in [9.17, 15) is 9.59 Å². The highest BCUT2D eigenvalue weighted by Crippen LogP contribution is 2.09. The molecule has 1 amide bonds. The van der Waals surface area contributed by atoms with Gasteiger partial charge in [0.25, 0.3) is 5.56 Å². The second kappa shape index (κ2) is 10.3. The highest BCUT2D eigenvalue weighted by atomic mass is 35.5. The van der Waals surface area contributed by atoms with Crippen molar-refractivity contribution in [3.63, 3.8) is 0 Å². The molecule has 1 aromatic heterocycles. The first-order valence-electron chi connectivity index (χ1n) is 8.86. The number of para-hydroxylation sites is 1. The Balaban J connectivity index is 0.00000338. The molecule has 7 heteroatoms. The number of halogens is 1. The van der Waals surface area contributed by atoms with Gasteiger partial charge in [0.1, 0.15) is 5.82 Å². The predicted octanol–water partition coefficient (Wildman–Crippen LogP) is 2.50. The number of aromatic amines is 1. The van der Waals surface area contributed by atoms with Gasteiger partial charge < -0.3 is 15.6 Å². The minimum absolute atomic E-state index is 0. The molecule has 0 aliphatic rings. The second-order valence-electron chi connectivity index (χ2n) is 6.90. The summed E-state index contributed by atoms with van der Waals surface area (Å²) in [5.74, 6) is 1.14. The molecule has 26 heavy (non-hydrogen) atoms. The van der Waals surface area contributed by atoms with Crippen molar-refractivity contribution in [1.29, 1.82) is 0 Å². The van der Waals surface area contributed by atoms with E-state index < -0.39 is 0 Å². The minimum Gasteiger partial charge on any atom is -0.346 e. The van der Waals surface area contributed by atoms with E-state index in [1.54, 1.807) is 11.0 Å². The van der Waals surface area contributed by atoms with Gasteiger partial charge in [0.05, 0.1) is 10.9 Å². The second-order valence-corrected chi connectivity index (χ2v) is 6.90. The average Bonchev–Trinajstić information content (AvgIpc) is 2.59. The number of nitrogens with zero attached hydrogens (tertiary/aromatic N) is 2. The molecule has 144 valence electrons. The first kappa shape index (κ1) is 22.1. The molecule has 0 bridgehead atoms. The van der Waals surface area contributed by atoms with Gasteiger partial charge in [0.15, 0.2) is 0 Å². The summed E-state index contributed by atoms with van der Waals surface area (Å²) in [5.41, 5.74) is 6.58. The first-order valence-corrected chi connectivity index (χ1v) is 8.86. The van der Waals surface area contributed by atoms with Crippen molar-refractivity contribution in [3.8, 4) is 0 Å². The molecule has 1 heterocycles. The third-order valence-corrected chi connectivity index (χ3v) is 4.55. The van der Waals surface area contributed by atoms with E-state index >= 15 is 0 Å². The number of nitrogens with one attached hydrogen (secondary N) is 1. The summed E-state index contributed by atoms with van der Waals surface area (Å²) in [7, 11) is 1.81. The number of rotatable bonds is 8. The van der Waals surface area contributed by atoms with Gasteiger partial charge in [0, 0.05) is 32.5 Å². The quantitative estimate of drug-likeness (QED) is 0.735. The van der Waals surface area contributed by atoms with Crippen molar-refractivity contribution in [2.45, 2.75) is 45.6 Å². The lowest BCUT2D eigenvalue weighted by atomic mass is 10.0. The Labute approximate surface area is 160 Å². The topological polar surface area (TPSA) is 92.1 Å². The Kier molecular flexibility index (Phi) is 8.75. The highest BCUT2D eigenvalue weighted by Gasteiger charge is 2.13. The van der Waals surface area contributed by atoms with Gasteiger partial charge in [-0.25, -0.2) is 4.98 Å². The molecule has 2 aromatic rings. The highest BCUT2D eigenvalue weighted by molar-refractivity contribution is 5.85. The average molecular weight is 381 g/mol. The number of carbonyl (C=O) groups excluding carboxylic acids is 1. The maximum atomic E-state index is 12.2. The molecule has 0 aliphatic carbocycles. The molecular formula is C19H29ClN4O2. The molecule has 1 aromatic carbocycles. The van der Waals surface area contributed by atoms with Crippen LogP contribution in [0, 0.1) is 5.92 Å². The van der Waals surface area contributed by atoms with Gasteiger partial charge in [0.2, 0.25) is 5.91 Å². The van der Waals surface area contributed by atoms with Crippen LogP contribution < -0.4 is 11.3 Å². The molecule has 0 radical (unpaired) electrons. The lowest BCUT2D eigenvalue weighted by Gasteiger charge is -2.21. The number of hydrogen-bond acceptors (Lipinski definition) is 4. The van der Waals surface area contributed by atoms with E-state index in [1.807, 2.05) is 25.2 Å². The Bertz CT molecular complexity index is 775. The fourth-order valence-electron chi connectivity index (χ4n) is 2.65. The number of nitrogens with two attached hydrogens (primary N) is 1. The van der Waals surface area contributed by atoms with Crippen LogP contribution in [0.25, 0.3) is 10.9 Å². The normalized spacial score (nSPS) is 12.0. The minimum atomic E-state index is -0.133. The summed E-state index contributed by atoms with van der Waals surface area (Å²) in [5, 5.41) is 0.587. The Hall–Kier alpha value is -1.92. The van der Waals surface area contributed by atoms with Gasteiger partial charge >= 0.3 is 0 Å². The molecule has 0 saturated carbocycles. The van der Waals surface area contributed by atoms with E-state index in [4.69, 9.17) is 5.73 Å². The van der Waals surface area contributed by atoms with Crippen molar-refractivity contribution >= 4 is 29.2 Å². The number of H-pyrrole nitrogens is 1. The van der Waals surface area contributed by atoms with Gasteiger partial charge in [-0.3, -0.25) is 9.59 Å². The number of carbonyl (C=O) groups is 1. The number of amides is 1. The summed E-state index contributed by atoms with van der Waals surface area (Å²) in [6, 6.07) is 7.37. The lowest BCUT2D eigenvalue weighted by molar-refractivity contribution is -0.130. The third-order valence-electron chi connectivity index (χ3n) is 4.55. The number of aromatic nitrogens is 2. The lowest BCUT2D eigenvalue weighted by Crippen LogP contribution is -2.34. The fraction of sp³-hybridized carbons (Fsp3) is 0.526. The van der Waals surface area contributed by atoms with Crippen LogP contribution in [0.2, 0.25) is 0 Å². The van der Waals surface area contributed by atoms with Crippen LogP contribution in [0.3, 0.4) is 0 Å². The number of benzene rings is 1. The molecule has 6 nitrogen and oxygen atoms in total. The zero-order valence-corrected chi connectivity index (χ0v) is 16.5. The Morgan fingerprint density at radius 3 is 2.69 bits per heavy atom. The first-order chi connectivity index (χ1) is 11.9. The van der Waals surface area contributed by atoms with Gasteiger partial charge in [-0.05, 0) is 30.9 Å². The molecule has 3 N–H and O–H groups in total. The summed E-state index contributed by atoms with van der Waals surface area (Å²) in [6.45, 7) is 4.84.